The first-order valence-corrected chi connectivity index (χ1v) is 10.4. The first kappa shape index (κ1) is 20.5. The maximum atomic E-state index is 12.7. The van der Waals surface area contributed by atoms with Crippen molar-refractivity contribution in [1.82, 2.24) is 9.62 Å². The number of nitrogens with one attached hydrogen (secondary N) is 1. The van der Waals surface area contributed by atoms with Gasteiger partial charge >= 0.3 is 0 Å². The summed E-state index contributed by atoms with van der Waals surface area (Å²) in [5, 5.41) is 3.48. The molecule has 0 aliphatic carbocycles. The van der Waals surface area contributed by atoms with Gasteiger partial charge in [-0.1, -0.05) is 29.3 Å². The van der Waals surface area contributed by atoms with Crippen LogP contribution < -0.4 is 5.32 Å². The van der Waals surface area contributed by atoms with E-state index in [1.807, 2.05) is 0 Å². The molecule has 1 heterocycles. The Morgan fingerprint density at radius 2 is 2.12 bits per heavy atom. The number of sulfonamides is 1. The van der Waals surface area contributed by atoms with Crippen molar-refractivity contribution in [1.29, 1.82) is 0 Å². The minimum atomic E-state index is -3.53. The fourth-order valence-corrected chi connectivity index (χ4v) is 4.68. The second kappa shape index (κ2) is 9.19. The Balaban J connectivity index is 2.00. The predicted molar refractivity (Wildman–Crippen MR) is 98.3 cm³/mol. The number of nitrogens with zero attached hydrogens (tertiary/aromatic N) is 1. The molecule has 0 spiro atoms. The molecule has 1 aliphatic rings. The minimum Gasteiger partial charge on any atom is -0.383 e. The molecule has 2 rings (SSSR count). The Hall–Kier alpha value is -0.860. The average Bonchev–Trinajstić information content (AvgIpc) is 2.58. The van der Waals surface area contributed by atoms with Crippen LogP contribution in [0.4, 0.5) is 0 Å². The van der Waals surface area contributed by atoms with Crippen molar-refractivity contribution < 1.29 is 17.9 Å². The molecule has 0 aromatic heterocycles. The summed E-state index contributed by atoms with van der Waals surface area (Å²) in [5.74, 6) is -0.636. The normalized spacial score (nSPS) is 18.9. The first-order valence-electron chi connectivity index (χ1n) is 8.02. The molecule has 9 heteroatoms. The summed E-state index contributed by atoms with van der Waals surface area (Å²) in [4.78, 5) is 12.2. The first-order chi connectivity index (χ1) is 11.8. The summed E-state index contributed by atoms with van der Waals surface area (Å²) in [6.45, 7) is 1.47. The van der Waals surface area contributed by atoms with E-state index < -0.39 is 10.0 Å². The van der Waals surface area contributed by atoms with Gasteiger partial charge in [-0.25, -0.2) is 12.7 Å². The number of carbonyl (C=O) groups excluding carboxylic acids is 1. The molecular formula is C16H22Cl2N2O4S. The lowest BCUT2D eigenvalue weighted by molar-refractivity contribution is -0.126. The van der Waals surface area contributed by atoms with Gasteiger partial charge in [0.25, 0.3) is 0 Å². The molecule has 0 saturated carbocycles. The Morgan fingerprint density at radius 3 is 2.80 bits per heavy atom. The van der Waals surface area contributed by atoms with Crippen LogP contribution in [-0.2, 0) is 25.3 Å². The van der Waals surface area contributed by atoms with Crippen LogP contribution in [0.2, 0.25) is 10.0 Å². The predicted octanol–water partition coefficient (Wildman–Crippen LogP) is 2.30. The standard InChI is InChI=1S/C16H22Cl2N2O4S/c1-24-8-6-19-16(21)13-3-2-7-20(10-13)25(22,23)11-12-4-5-14(17)15(18)9-12/h4-5,9,13H,2-3,6-8,10-11H2,1H3,(H,19,21). The molecule has 0 radical (unpaired) electrons. The average molecular weight is 409 g/mol. The fourth-order valence-electron chi connectivity index (χ4n) is 2.76. The molecule has 1 amide bonds. The van der Waals surface area contributed by atoms with Crippen LogP contribution in [0.3, 0.4) is 0 Å². The number of benzene rings is 1. The van der Waals surface area contributed by atoms with Gasteiger partial charge < -0.3 is 10.1 Å². The maximum absolute atomic E-state index is 12.7. The molecule has 1 saturated heterocycles. The van der Waals surface area contributed by atoms with E-state index in [0.29, 0.717) is 48.1 Å². The molecule has 1 unspecified atom stereocenters. The fraction of sp³-hybridized carbons (Fsp3) is 0.562. The third-order valence-corrected chi connectivity index (χ3v) is 6.64. The van der Waals surface area contributed by atoms with E-state index in [1.165, 1.54) is 4.31 Å². The van der Waals surface area contributed by atoms with Gasteiger partial charge in [0.2, 0.25) is 15.9 Å². The van der Waals surface area contributed by atoms with E-state index in [2.05, 4.69) is 5.32 Å². The second-order valence-electron chi connectivity index (χ2n) is 5.99. The molecule has 1 N–H and O–H groups in total. The summed E-state index contributed by atoms with van der Waals surface area (Å²) in [6, 6.07) is 4.78. The molecule has 1 aliphatic heterocycles. The third-order valence-electron chi connectivity index (χ3n) is 4.09. The Morgan fingerprint density at radius 1 is 1.36 bits per heavy atom. The molecule has 1 aromatic rings. The lowest BCUT2D eigenvalue weighted by Gasteiger charge is -2.31. The molecule has 140 valence electrons. The van der Waals surface area contributed by atoms with Gasteiger partial charge in [0.1, 0.15) is 0 Å². The Bertz CT molecular complexity index is 712. The van der Waals surface area contributed by atoms with Gasteiger partial charge in [0.05, 0.1) is 28.3 Å². The van der Waals surface area contributed by atoms with Gasteiger partial charge in [0, 0.05) is 26.7 Å². The molecule has 0 bridgehead atoms. The zero-order valence-corrected chi connectivity index (χ0v) is 16.3. The van der Waals surface area contributed by atoms with Crippen molar-refractivity contribution >= 4 is 39.1 Å². The SMILES string of the molecule is COCCNC(=O)C1CCCN(S(=O)(=O)Cc2ccc(Cl)c(Cl)c2)C1. The monoisotopic (exact) mass is 408 g/mol. The van der Waals surface area contributed by atoms with Crippen LogP contribution in [0.25, 0.3) is 0 Å². The van der Waals surface area contributed by atoms with Crippen molar-refractivity contribution in [2.75, 3.05) is 33.4 Å². The van der Waals surface area contributed by atoms with E-state index in [4.69, 9.17) is 27.9 Å². The molecule has 1 fully saturated rings. The van der Waals surface area contributed by atoms with Crippen LogP contribution in [0.5, 0.6) is 0 Å². The summed E-state index contributed by atoms with van der Waals surface area (Å²) in [5.41, 5.74) is 0.570. The number of amides is 1. The minimum absolute atomic E-state index is 0.133. The molecule has 6 nitrogen and oxygen atoms in total. The van der Waals surface area contributed by atoms with Gasteiger partial charge in [-0.2, -0.15) is 0 Å². The highest BCUT2D eigenvalue weighted by Crippen LogP contribution is 2.26. The lowest BCUT2D eigenvalue weighted by Crippen LogP contribution is -2.46. The van der Waals surface area contributed by atoms with Crippen molar-refractivity contribution in [3.63, 3.8) is 0 Å². The number of carbonyl (C=O) groups is 1. The third kappa shape index (κ3) is 5.82. The summed E-state index contributed by atoms with van der Waals surface area (Å²) >= 11 is 11.8. The highest BCUT2D eigenvalue weighted by atomic mass is 35.5. The quantitative estimate of drug-likeness (QED) is 0.702. The van der Waals surface area contributed by atoms with Gasteiger partial charge in [0.15, 0.2) is 0 Å². The van der Waals surface area contributed by atoms with Gasteiger partial charge in [-0.3, -0.25) is 4.79 Å². The number of rotatable bonds is 7. The van der Waals surface area contributed by atoms with Crippen LogP contribution in [-0.4, -0.2) is 52.0 Å². The number of halogens is 2. The van der Waals surface area contributed by atoms with E-state index in [0.717, 1.165) is 0 Å². The van der Waals surface area contributed by atoms with E-state index in [9.17, 15) is 13.2 Å². The topological polar surface area (TPSA) is 75.7 Å². The van der Waals surface area contributed by atoms with Crippen molar-refractivity contribution in [2.45, 2.75) is 18.6 Å². The van der Waals surface area contributed by atoms with E-state index in [-0.39, 0.29) is 24.1 Å². The second-order valence-corrected chi connectivity index (χ2v) is 8.77. The highest BCUT2D eigenvalue weighted by molar-refractivity contribution is 7.88. The lowest BCUT2D eigenvalue weighted by atomic mass is 9.99. The van der Waals surface area contributed by atoms with Crippen LogP contribution in [0.15, 0.2) is 18.2 Å². The zero-order chi connectivity index (χ0) is 18.4. The zero-order valence-electron chi connectivity index (χ0n) is 14.0. The summed E-state index contributed by atoms with van der Waals surface area (Å²) < 4.78 is 31.6. The summed E-state index contributed by atoms with van der Waals surface area (Å²) in [6.07, 6.45) is 1.33. The molecule has 1 aromatic carbocycles. The number of hydrogen-bond donors (Lipinski definition) is 1. The van der Waals surface area contributed by atoms with Crippen molar-refractivity contribution in [2.24, 2.45) is 5.92 Å². The number of hydrogen-bond acceptors (Lipinski definition) is 4. The number of piperidine rings is 1. The molecule has 1 atom stereocenters. The Kier molecular flexibility index (Phi) is 7.51. The summed E-state index contributed by atoms with van der Waals surface area (Å²) in [7, 11) is -1.97. The Labute approximate surface area is 158 Å². The molecule has 25 heavy (non-hydrogen) atoms. The van der Waals surface area contributed by atoms with Crippen LogP contribution in [0.1, 0.15) is 18.4 Å². The smallest absolute Gasteiger partial charge is 0.224 e. The number of methoxy groups -OCH3 is 1. The van der Waals surface area contributed by atoms with Crippen LogP contribution >= 0.6 is 23.2 Å². The van der Waals surface area contributed by atoms with Gasteiger partial charge in [-0.05, 0) is 30.5 Å². The van der Waals surface area contributed by atoms with E-state index in [1.54, 1.807) is 25.3 Å². The largest absolute Gasteiger partial charge is 0.383 e. The highest BCUT2D eigenvalue weighted by Gasteiger charge is 2.32. The van der Waals surface area contributed by atoms with E-state index >= 15 is 0 Å². The maximum Gasteiger partial charge on any atom is 0.224 e. The number of ether oxygens (including phenoxy) is 1. The van der Waals surface area contributed by atoms with Crippen LogP contribution in [0, 0.1) is 5.92 Å². The van der Waals surface area contributed by atoms with Crippen molar-refractivity contribution in [3.05, 3.63) is 33.8 Å². The molecular weight excluding hydrogens is 387 g/mol. The van der Waals surface area contributed by atoms with Crippen molar-refractivity contribution in [3.8, 4) is 0 Å². The van der Waals surface area contributed by atoms with Gasteiger partial charge in [-0.15, -0.1) is 0 Å².